The average molecular weight is 244 g/mol. The van der Waals surface area contributed by atoms with Gasteiger partial charge >= 0.3 is 5.97 Å². The minimum atomic E-state index is -0.174. The molecule has 18 heavy (non-hydrogen) atoms. The Morgan fingerprint density at radius 1 is 1.33 bits per heavy atom. The molecule has 0 fully saturated rings. The molecule has 2 rings (SSSR count). The molecule has 0 aliphatic carbocycles. The smallest absolute Gasteiger partial charge is 0.307 e. The molecule has 0 bridgehead atoms. The van der Waals surface area contributed by atoms with Gasteiger partial charge in [-0.25, -0.2) is 4.98 Å². The Morgan fingerprint density at radius 3 is 2.83 bits per heavy atom. The van der Waals surface area contributed by atoms with Crippen LogP contribution in [0.2, 0.25) is 0 Å². The van der Waals surface area contributed by atoms with Crippen LogP contribution in [0.1, 0.15) is 13.3 Å². The van der Waals surface area contributed by atoms with E-state index in [-0.39, 0.29) is 5.97 Å². The minimum absolute atomic E-state index is 0.174. The fourth-order valence-electron chi connectivity index (χ4n) is 1.69. The molecule has 0 N–H and O–H groups in total. The fourth-order valence-corrected chi connectivity index (χ4v) is 1.69. The highest BCUT2D eigenvalue weighted by Crippen LogP contribution is 2.15. The van der Waals surface area contributed by atoms with Crippen LogP contribution in [0.3, 0.4) is 0 Å². The van der Waals surface area contributed by atoms with Crippen molar-refractivity contribution in [2.45, 2.75) is 19.9 Å². The van der Waals surface area contributed by atoms with E-state index in [1.54, 1.807) is 6.33 Å². The molecule has 0 aliphatic heterocycles. The molecule has 0 spiro atoms. The lowest BCUT2D eigenvalue weighted by Crippen LogP contribution is -2.07. The molecule has 0 saturated carbocycles. The van der Waals surface area contributed by atoms with Gasteiger partial charge in [-0.3, -0.25) is 4.79 Å². The third-order valence-corrected chi connectivity index (χ3v) is 2.58. The van der Waals surface area contributed by atoms with Gasteiger partial charge < -0.3 is 9.30 Å². The van der Waals surface area contributed by atoms with E-state index in [9.17, 15) is 4.79 Å². The van der Waals surface area contributed by atoms with Crippen LogP contribution in [-0.2, 0) is 16.1 Å². The zero-order chi connectivity index (χ0) is 12.8. The number of hydrogen-bond donors (Lipinski definition) is 0. The van der Waals surface area contributed by atoms with E-state index >= 15 is 0 Å². The minimum Gasteiger partial charge on any atom is -0.466 e. The first-order chi connectivity index (χ1) is 8.79. The van der Waals surface area contributed by atoms with Crippen molar-refractivity contribution in [2.24, 2.45) is 0 Å². The van der Waals surface area contributed by atoms with Crippen LogP contribution in [0, 0.1) is 0 Å². The summed E-state index contributed by atoms with van der Waals surface area (Å²) in [6.45, 7) is 2.83. The number of nitrogens with zero attached hydrogens (tertiary/aromatic N) is 2. The number of rotatable bonds is 5. The molecular formula is C14H16N2O2. The maximum atomic E-state index is 11.2. The molecule has 0 amide bonds. The summed E-state index contributed by atoms with van der Waals surface area (Å²) in [6.07, 6.45) is 4.05. The zero-order valence-electron chi connectivity index (χ0n) is 10.4. The van der Waals surface area contributed by atoms with Crippen LogP contribution >= 0.6 is 0 Å². The number of carbonyl (C=O) groups is 1. The summed E-state index contributed by atoms with van der Waals surface area (Å²) in [7, 11) is 0. The van der Waals surface area contributed by atoms with Crippen molar-refractivity contribution in [3.63, 3.8) is 0 Å². The van der Waals surface area contributed by atoms with Gasteiger partial charge in [0.25, 0.3) is 0 Å². The largest absolute Gasteiger partial charge is 0.466 e. The van der Waals surface area contributed by atoms with E-state index < -0.39 is 0 Å². The first-order valence-electron chi connectivity index (χ1n) is 6.02. The summed E-state index contributed by atoms with van der Waals surface area (Å²) >= 11 is 0. The molecule has 4 nitrogen and oxygen atoms in total. The van der Waals surface area contributed by atoms with Gasteiger partial charge in [0.1, 0.15) is 0 Å². The van der Waals surface area contributed by atoms with Crippen LogP contribution in [0.25, 0.3) is 11.3 Å². The Labute approximate surface area is 106 Å². The highest BCUT2D eigenvalue weighted by molar-refractivity contribution is 5.69. The van der Waals surface area contributed by atoms with E-state index in [2.05, 4.69) is 4.98 Å². The van der Waals surface area contributed by atoms with Crippen LogP contribution in [0.5, 0.6) is 0 Å². The van der Waals surface area contributed by atoms with E-state index in [0.29, 0.717) is 19.6 Å². The molecule has 0 aliphatic rings. The number of benzene rings is 1. The third kappa shape index (κ3) is 3.20. The van der Waals surface area contributed by atoms with Crippen LogP contribution < -0.4 is 0 Å². The zero-order valence-corrected chi connectivity index (χ0v) is 10.4. The second-order valence-corrected chi connectivity index (χ2v) is 3.92. The summed E-state index contributed by atoms with van der Waals surface area (Å²) < 4.78 is 6.78. The van der Waals surface area contributed by atoms with Crippen LogP contribution in [0.15, 0.2) is 42.9 Å². The Morgan fingerprint density at radius 2 is 2.11 bits per heavy atom. The molecule has 1 heterocycles. The summed E-state index contributed by atoms with van der Waals surface area (Å²) in [4.78, 5) is 15.6. The SMILES string of the molecule is CCOC(=O)CCn1cnc(-c2ccccc2)c1. The molecule has 0 radical (unpaired) electrons. The third-order valence-electron chi connectivity index (χ3n) is 2.58. The predicted octanol–water partition coefficient (Wildman–Crippen LogP) is 2.50. The first kappa shape index (κ1) is 12.4. The Bertz CT molecular complexity index is 506. The highest BCUT2D eigenvalue weighted by Gasteiger charge is 2.04. The average Bonchev–Trinajstić information content (AvgIpc) is 2.87. The fraction of sp³-hybridized carbons (Fsp3) is 0.286. The monoisotopic (exact) mass is 244 g/mol. The summed E-state index contributed by atoms with van der Waals surface area (Å²) in [5, 5.41) is 0. The lowest BCUT2D eigenvalue weighted by Gasteiger charge is -2.02. The number of ether oxygens (including phenoxy) is 1. The van der Waals surface area contributed by atoms with Gasteiger partial charge in [-0.2, -0.15) is 0 Å². The Balaban J connectivity index is 1.97. The molecule has 0 saturated heterocycles. The van der Waals surface area contributed by atoms with Crippen molar-refractivity contribution in [2.75, 3.05) is 6.61 Å². The lowest BCUT2D eigenvalue weighted by atomic mass is 10.2. The Hall–Kier alpha value is -2.10. The van der Waals surface area contributed by atoms with Gasteiger partial charge in [0, 0.05) is 18.3 Å². The topological polar surface area (TPSA) is 44.1 Å². The van der Waals surface area contributed by atoms with Crippen molar-refractivity contribution < 1.29 is 9.53 Å². The van der Waals surface area contributed by atoms with Crippen molar-refractivity contribution in [1.29, 1.82) is 0 Å². The van der Waals surface area contributed by atoms with Crippen molar-refractivity contribution in [3.8, 4) is 11.3 Å². The summed E-state index contributed by atoms with van der Waals surface area (Å²) in [6, 6.07) is 9.96. The standard InChI is InChI=1S/C14H16N2O2/c1-2-18-14(17)8-9-16-10-13(15-11-16)12-6-4-3-5-7-12/h3-7,10-11H,2,8-9H2,1H3. The first-order valence-corrected chi connectivity index (χ1v) is 6.02. The number of aryl methyl sites for hydroxylation is 1. The van der Waals surface area contributed by atoms with Crippen molar-refractivity contribution in [3.05, 3.63) is 42.9 Å². The number of aromatic nitrogens is 2. The second kappa shape index (κ2) is 6.00. The van der Waals surface area contributed by atoms with Crippen LogP contribution in [0.4, 0.5) is 0 Å². The number of hydrogen-bond acceptors (Lipinski definition) is 3. The van der Waals surface area contributed by atoms with Crippen molar-refractivity contribution >= 4 is 5.97 Å². The summed E-state index contributed by atoms with van der Waals surface area (Å²) in [5.74, 6) is -0.174. The molecule has 2 aromatic rings. The molecular weight excluding hydrogens is 228 g/mol. The maximum Gasteiger partial charge on any atom is 0.307 e. The Kier molecular flexibility index (Phi) is 4.12. The van der Waals surface area contributed by atoms with Gasteiger partial charge in [0.2, 0.25) is 0 Å². The molecule has 4 heteroatoms. The highest BCUT2D eigenvalue weighted by atomic mass is 16.5. The number of imidazole rings is 1. The molecule has 94 valence electrons. The van der Waals surface area contributed by atoms with E-state index in [0.717, 1.165) is 11.3 Å². The number of esters is 1. The lowest BCUT2D eigenvalue weighted by molar-refractivity contribution is -0.143. The second-order valence-electron chi connectivity index (χ2n) is 3.92. The van der Waals surface area contributed by atoms with Gasteiger partial charge in [-0.05, 0) is 6.92 Å². The molecule has 1 aromatic heterocycles. The maximum absolute atomic E-state index is 11.2. The molecule has 0 atom stereocenters. The quantitative estimate of drug-likeness (QED) is 0.759. The molecule has 1 aromatic carbocycles. The van der Waals surface area contributed by atoms with Crippen LogP contribution in [-0.4, -0.2) is 22.1 Å². The van der Waals surface area contributed by atoms with E-state index in [1.807, 2.05) is 48.0 Å². The van der Waals surface area contributed by atoms with Gasteiger partial charge in [-0.1, -0.05) is 30.3 Å². The summed E-state index contributed by atoms with van der Waals surface area (Å²) in [5.41, 5.74) is 1.99. The van der Waals surface area contributed by atoms with E-state index in [4.69, 9.17) is 4.74 Å². The number of carbonyl (C=O) groups excluding carboxylic acids is 1. The van der Waals surface area contributed by atoms with Gasteiger partial charge in [0.05, 0.1) is 25.0 Å². The van der Waals surface area contributed by atoms with E-state index in [1.165, 1.54) is 0 Å². The van der Waals surface area contributed by atoms with Gasteiger partial charge in [0.15, 0.2) is 0 Å². The molecule has 0 unspecified atom stereocenters. The normalized spacial score (nSPS) is 10.3. The van der Waals surface area contributed by atoms with Gasteiger partial charge in [-0.15, -0.1) is 0 Å². The predicted molar refractivity (Wildman–Crippen MR) is 68.9 cm³/mol. The van der Waals surface area contributed by atoms with Crippen molar-refractivity contribution in [1.82, 2.24) is 9.55 Å².